The van der Waals surface area contributed by atoms with Gasteiger partial charge in [-0.2, -0.15) is 0 Å². The van der Waals surface area contributed by atoms with Crippen molar-refractivity contribution in [2.75, 3.05) is 0 Å². The molecule has 1 spiro atoms. The van der Waals surface area contributed by atoms with Crippen molar-refractivity contribution in [2.24, 2.45) is 0 Å². The SMILES string of the molecule is O=C1NC(=O)C2(CCCCC2)N1.[CH3-].[V]. The van der Waals surface area contributed by atoms with Crippen LogP contribution >= 0.6 is 0 Å². The first-order valence-corrected chi connectivity index (χ1v) is 4.37. The number of urea groups is 1. The molecule has 5 heteroatoms. The monoisotopic (exact) mass is 234 g/mol. The van der Waals surface area contributed by atoms with Gasteiger partial charge in [-0.05, 0) is 12.8 Å². The number of carbonyl (C=O) groups is 2. The second-order valence-electron chi connectivity index (χ2n) is 3.55. The summed E-state index contributed by atoms with van der Waals surface area (Å²) in [4.78, 5) is 22.3. The molecule has 1 saturated heterocycles. The molecule has 79 valence electrons. The van der Waals surface area contributed by atoms with Crippen molar-refractivity contribution in [1.29, 1.82) is 0 Å². The van der Waals surface area contributed by atoms with Gasteiger partial charge < -0.3 is 12.7 Å². The van der Waals surface area contributed by atoms with Crippen LogP contribution in [0.1, 0.15) is 32.1 Å². The molecule has 1 radical (unpaired) electrons. The van der Waals surface area contributed by atoms with E-state index in [0.717, 1.165) is 25.7 Å². The van der Waals surface area contributed by atoms with Gasteiger partial charge in [0, 0.05) is 18.6 Å². The van der Waals surface area contributed by atoms with Crippen molar-refractivity contribution < 1.29 is 28.1 Å². The van der Waals surface area contributed by atoms with Crippen LogP contribution in [0.25, 0.3) is 0 Å². The molecule has 1 aliphatic heterocycles. The van der Waals surface area contributed by atoms with Gasteiger partial charge in [0.15, 0.2) is 0 Å². The molecule has 1 aliphatic carbocycles. The number of imide groups is 1. The Bertz CT molecular complexity index is 237. The van der Waals surface area contributed by atoms with Crippen molar-refractivity contribution in [3.63, 3.8) is 0 Å². The van der Waals surface area contributed by atoms with Gasteiger partial charge in [-0.3, -0.25) is 10.1 Å². The number of hydrogen-bond donors (Lipinski definition) is 2. The molecule has 3 amide bonds. The third-order valence-corrected chi connectivity index (χ3v) is 2.72. The average Bonchev–Trinajstić information content (AvgIpc) is 2.29. The molecule has 0 aromatic carbocycles. The molecule has 2 N–H and O–H groups in total. The Morgan fingerprint density at radius 3 is 2.07 bits per heavy atom. The zero-order valence-corrected chi connectivity index (χ0v) is 9.70. The molecular formula is C9H15N2O2V-. The summed E-state index contributed by atoms with van der Waals surface area (Å²) in [7, 11) is 0. The van der Waals surface area contributed by atoms with E-state index in [1.54, 1.807) is 0 Å². The van der Waals surface area contributed by atoms with Crippen molar-refractivity contribution in [3.05, 3.63) is 7.43 Å². The van der Waals surface area contributed by atoms with Gasteiger partial charge in [0.1, 0.15) is 5.54 Å². The maximum Gasteiger partial charge on any atom is 0.322 e. The van der Waals surface area contributed by atoms with Gasteiger partial charge in [0.2, 0.25) is 0 Å². The third-order valence-electron chi connectivity index (χ3n) is 2.72. The third kappa shape index (κ3) is 2.12. The molecule has 2 rings (SSSR count). The fourth-order valence-corrected chi connectivity index (χ4v) is 2.04. The van der Waals surface area contributed by atoms with Crippen LogP contribution in [0.15, 0.2) is 0 Å². The number of hydrogen-bond acceptors (Lipinski definition) is 2. The van der Waals surface area contributed by atoms with E-state index in [4.69, 9.17) is 0 Å². The first-order valence-electron chi connectivity index (χ1n) is 4.37. The molecule has 14 heavy (non-hydrogen) atoms. The summed E-state index contributed by atoms with van der Waals surface area (Å²) < 4.78 is 0. The molecule has 0 atom stereocenters. The summed E-state index contributed by atoms with van der Waals surface area (Å²) in [5, 5.41) is 5.01. The van der Waals surface area contributed by atoms with Crippen molar-refractivity contribution >= 4 is 11.9 Å². The Kier molecular flexibility index (Phi) is 4.68. The van der Waals surface area contributed by atoms with Gasteiger partial charge >= 0.3 is 6.03 Å². The standard InChI is InChI=1S/C8H12N2O2.CH3.V/c11-6-8(10-7(12)9-6)4-2-1-3-5-8;;/h1-5H2,(H2,9,10,11,12);1H3;/q;-1;. The molecule has 2 aliphatic rings. The van der Waals surface area contributed by atoms with Gasteiger partial charge in [-0.1, -0.05) is 19.3 Å². The molecule has 0 unspecified atom stereocenters. The first-order chi connectivity index (χ1) is 5.73. The second-order valence-corrected chi connectivity index (χ2v) is 3.55. The number of nitrogens with one attached hydrogen (secondary N) is 2. The molecule has 4 nitrogen and oxygen atoms in total. The Morgan fingerprint density at radius 2 is 1.64 bits per heavy atom. The fraction of sp³-hybridized carbons (Fsp3) is 0.667. The van der Waals surface area contributed by atoms with Gasteiger partial charge in [0.05, 0.1) is 0 Å². The summed E-state index contributed by atoms with van der Waals surface area (Å²) in [6.45, 7) is 0. The summed E-state index contributed by atoms with van der Waals surface area (Å²) in [6, 6.07) is -0.332. The van der Waals surface area contributed by atoms with E-state index in [-0.39, 0.29) is 37.9 Å². The minimum absolute atomic E-state index is 0. The van der Waals surface area contributed by atoms with E-state index in [1.165, 1.54) is 6.42 Å². The number of rotatable bonds is 0. The zero-order chi connectivity index (χ0) is 8.60. The Morgan fingerprint density at radius 1 is 1.07 bits per heavy atom. The molecule has 2 fully saturated rings. The zero-order valence-electron chi connectivity index (χ0n) is 8.30. The van der Waals surface area contributed by atoms with Gasteiger partial charge in [-0.15, -0.1) is 0 Å². The van der Waals surface area contributed by atoms with Crippen LogP contribution in [0.5, 0.6) is 0 Å². The molecule has 1 heterocycles. The predicted octanol–water partition coefficient (Wildman–Crippen LogP) is 0.976. The summed E-state index contributed by atoms with van der Waals surface area (Å²) in [5.74, 6) is -0.132. The van der Waals surface area contributed by atoms with Crippen molar-refractivity contribution in [2.45, 2.75) is 37.6 Å². The van der Waals surface area contributed by atoms with Crippen LogP contribution in [0, 0.1) is 7.43 Å². The predicted molar refractivity (Wildman–Crippen MR) is 48.9 cm³/mol. The quantitative estimate of drug-likeness (QED) is 0.484. The largest absolute Gasteiger partial charge is 0.358 e. The molecule has 0 aromatic heterocycles. The van der Waals surface area contributed by atoms with Crippen LogP contribution in [0.3, 0.4) is 0 Å². The maximum absolute atomic E-state index is 11.4. The molecule has 1 saturated carbocycles. The summed E-state index contributed by atoms with van der Waals surface area (Å²) >= 11 is 0. The normalized spacial score (nSPS) is 23.1. The van der Waals surface area contributed by atoms with E-state index in [0.29, 0.717) is 0 Å². The molecular weight excluding hydrogens is 219 g/mol. The number of carbonyl (C=O) groups excluding carboxylic acids is 2. The average molecular weight is 234 g/mol. The summed E-state index contributed by atoms with van der Waals surface area (Å²) in [5.41, 5.74) is -0.546. The van der Waals surface area contributed by atoms with E-state index in [2.05, 4.69) is 10.6 Å². The number of amides is 3. The Labute approximate surface area is 96.1 Å². The van der Waals surface area contributed by atoms with Gasteiger partial charge in [-0.25, -0.2) is 4.79 Å². The van der Waals surface area contributed by atoms with Crippen LogP contribution in [0.4, 0.5) is 4.79 Å². The Balaban J connectivity index is 0.000000845. The molecule has 0 bridgehead atoms. The second kappa shape index (κ2) is 4.85. The van der Waals surface area contributed by atoms with E-state index < -0.39 is 5.54 Å². The van der Waals surface area contributed by atoms with Gasteiger partial charge in [0.25, 0.3) is 5.91 Å². The first kappa shape index (κ1) is 13.5. The topological polar surface area (TPSA) is 58.2 Å². The smallest absolute Gasteiger partial charge is 0.322 e. The molecule has 0 aromatic rings. The fourth-order valence-electron chi connectivity index (χ4n) is 2.04. The van der Waals surface area contributed by atoms with Crippen LogP contribution < -0.4 is 10.6 Å². The van der Waals surface area contributed by atoms with Crippen molar-refractivity contribution in [3.8, 4) is 0 Å². The van der Waals surface area contributed by atoms with E-state index >= 15 is 0 Å². The minimum Gasteiger partial charge on any atom is -0.358 e. The van der Waals surface area contributed by atoms with Crippen LogP contribution in [-0.4, -0.2) is 17.5 Å². The van der Waals surface area contributed by atoms with E-state index in [1.807, 2.05) is 0 Å². The Hall–Kier alpha value is -0.476. The van der Waals surface area contributed by atoms with Crippen LogP contribution in [-0.2, 0) is 23.4 Å². The van der Waals surface area contributed by atoms with E-state index in [9.17, 15) is 9.59 Å². The maximum atomic E-state index is 11.4. The minimum atomic E-state index is -0.546. The summed E-state index contributed by atoms with van der Waals surface area (Å²) in [6.07, 6.45) is 4.83. The van der Waals surface area contributed by atoms with Crippen LogP contribution in [0.2, 0.25) is 0 Å². The van der Waals surface area contributed by atoms with Crippen molar-refractivity contribution in [1.82, 2.24) is 10.6 Å².